The standard InChI is InChI=1S/C13H14IN3O2/c1-18-11-4-3-9(5-12(11)19-2)6-16-13-10(14)7-15-8-17-13/h3-5,7-8H,6H2,1-2H3,(H,15,16,17). The molecule has 0 spiro atoms. The predicted octanol–water partition coefficient (Wildman–Crippen LogP) is 2.71. The number of nitrogens with zero attached hydrogens (tertiary/aromatic N) is 2. The molecule has 0 aliphatic rings. The molecule has 0 unspecified atom stereocenters. The number of rotatable bonds is 5. The third-order valence-electron chi connectivity index (χ3n) is 2.58. The maximum absolute atomic E-state index is 5.27. The van der Waals surface area contributed by atoms with Gasteiger partial charge in [-0.3, -0.25) is 0 Å². The Morgan fingerprint density at radius 2 is 2.00 bits per heavy atom. The molecule has 0 radical (unpaired) electrons. The topological polar surface area (TPSA) is 56.3 Å². The van der Waals surface area contributed by atoms with E-state index < -0.39 is 0 Å². The van der Waals surface area contributed by atoms with E-state index in [1.807, 2.05) is 18.2 Å². The minimum atomic E-state index is 0.660. The number of aromatic nitrogens is 2. The highest BCUT2D eigenvalue weighted by atomic mass is 127. The maximum atomic E-state index is 5.27. The van der Waals surface area contributed by atoms with Crippen molar-refractivity contribution in [3.05, 3.63) is 39.9 Å². The van der Waals surface area contributed by atoms with E-state index in [0.717, 1.165) is 26.5 Å². The summed E-state index contributed by atoms with van der Waals surface area (Å²) in [5.41, 5.74) is 1.09. The molecule has 19 heavy (non-hydrogen) atoms. The van der Waals surface area contributed by atoms with Crippen molar-refractivity contribution in [1.82, 2.24) is 9.97 Å². The van der Waals surface area contributed by atoms with Gasteiger partial charge in [-0.1, -0.05) is 6.07 Å². The van der Waals surface area contributed by atoms with E-state index in [1.54, 1.807) is 20.4 Å². The van der Waals surface area contributed by atoms with Crippen LogP contribution in [0.15, 0.2) is 30.7 Å². The third kappa shape index (κ3) is 3.46. The van der Waals surface area contributed by atoms with E-state index in [0.29, 0.717) is 6.54 Å². The van der Waals surface area contributed by atoms with Gasteiger partial charge in [0.05, 0.1) is 17.8 Å². The smallest absolute Gasteiger partial charge is 0.161 e. The lowest BCUT2D eigenvalue weighted by molar-refractivity contribution is 0.354. The Morgan fingerprint density at radius 3 is 2.68 bits per heavy atom. The van der Waals surface area contributed by atoms with Gasteiger partial charge in [-0.05, 0) is 40.3 Å². The molecule has 0 fully saturated rings. The first kappa shape index (κ1) is 13.9. The largest absolute Gasteiger partial charge is 0.493 e. The van der Waals surface area contributed by atoms with Crippen molar-refractivity contribution in [2.75, 3.05) is 19.5 Å². The second-order valence-electron chi connectivity index (χ2n) is 3.76. The van der Waals surface area contributed by atoms with Crippen LogP contribution >= 0.6 is 22.6 Å². The first-order chi connectivity index (χ1) is 9.24. The van der Waals surface area contributed by atoms with Crippen molar-refractivity contribution in [3.8, 4) is 11.5 Å². The van der Waals surface area contributed by atoms with Crippen molar-refractivity contribution < 1.29 is 9.47 Å². The Labute approximate surface area is 125 Å². The summed E-state index contributed by atoms with van der Waals surface area (Å²) in [6.45, 7) is 0.660. The number of benzene rings is 1. The van der Waals surface area contributed by atoms with Gasteiger partial charge in [0.2, 0.25) is 0 Å². The molecule has 1 aromatic carbocycles. The predicted molar refractivity (Wildman–Crippen MR) is 81.6 cm³/mol. The number of hydrogen-bond donors (Lipinski definition) is 1. The molecule has 6 heteroatoms. The van der Waals surface area contributed by atoms with Crippen LogP contribution in [0.3, 0.4) is 0 Å². The molecule has 0 saturated heterocycles. The minimum absolute atomic E-state index is 0.660. The van der Waals surface area contributed by atoms with Crippen LogP contribution in [0.5, 0.6) is 11.5 Å². The van der Waals surface area contributed by atoms with Gasteiger partial charge >= 0.3 is 0 Å². The molecule has 5 nitrogen and oxygen atoms in total. The quantitative estimate of drug-likeness (QED) is 0.820. The zero-order chi connectivity index (χ0) is 13.7. The summed E-state index contributed by atoms with van der Waals surface area (Å²) in [4.78, 5) is 8.14. The molecule has 0 saturated carbocycles. The van der Waals surface area contributed by atoms with Gasteiger partial charge in [0.15, 0.2) is 11.5 Å². The number of hydrogen-bond acceptors (Lipinski definition) is 5. The number of anilines is 1. The summed E-state index contributed by atoms with van der Waals surface area (Å²) in [5.74, 6) is 2.27. The third-order valence-corrected chi connectivity index (χ3v) is 3.36. The van der Waals surface area contributed by atoms with Crippen LogP contribution in [0.2, 0.25) is 0 Å². The minimum Gasteiger partial charge on any atom is -0.493 e. The summed E-state index contributed by atoms with van der Waals surface area (Å²) in [5, 5.41) is 3.26. The van der Waals surface area contributed by atoms with Crippen LogP contribution in [0.1, 0.15) is 5.56 Å². The molecule has 100 valence electrons. The number of halogens is 1. The summed E-state index contributed by atoms with van der Waals surface area (Å²) in [6.07, 6.45) is 3.30. The molecule has 2 rings (SSSR count). The zero-order valence-corrected chi connectivity index (χ0v) is 12.8. The SMILES string of the molecule is COc1ccc(CNc2ncncc2I)cc1OC. The van der Waals surface area contributed by atoms with Gasteiger partial charge in [-0.15, -0.1) is 0 Å². The molecule has 1 heterocycles. The average molecular weight is 371 g/mol. The van der Waals surface area contributed by atoms with E-state index in [2.05, 4.69) is 37.9 Å². The molecule has 0 aliphatic heterocycles. The highest BCUT2D eigenvalue weighted by Crippen LogP contribution is 2.27. The summed E-state index contributed by atoms with van der Waals surface area (Å²) in [7, 11) is 3.25. The van der Waals surface area contributed by atoms with Gasteiger partial charge < -0.3 is 14.8 Å². The van der Waals surface area contributed by atoms with E-state index in [1.165, 1.54) is 6.33 Å². The Kier molecular flexibility index (Phi) is 4.78. The molecule has 0 atom stereocenters. The van der Waals surface area contributed by atoms with Crippen molar-refractivity contribution in [2.24, 2.45) is 0 Å². The Morgan fingerprint density at radius 1 is 1.21 bits per heavy atom. The summed E-state index contributed by atoms with van der Waals surface area (Å²) in [6, 6.07) is 5.82. The molecule has 2 aromatic rings. The lowest BCUT2D eigenvalue weighted by atomic mass is 10.2. The first-order valence-corrected chi connectivity index (χ1v) is 6.72. The molecular formula is C13H14IN3O2. The molecule has 1 aromatic heterocycles. The Balaban J connectivity index is 2.10. The molecule has 0 amide bonds. The highest BCUT2D eigenvalue weighted by molar-refractivity contribution is 14.1. The van der Waals surface area contributed by atoms with Crippen LogP contribution < -0.4 is 14.8 Å². The van der Waals surface area contributed by atoms with E-state index >= 15 is 0 Å². The number of methoxy groups -OCH3 is 2. The average Bonchev–Trinajstić information content (AvgIpc) is 2.46. The van der Waals surface area contributed by atoms with Crippen molar-refractivity contribution >= 4 is 28.4 Å². The lowest BCUT2D eigenvalue weighted by Crippen LogP contribution is -2.04. The summed E-state index contributed by atoms with van der Waals surface area (Å²) >= 11 is 2.20. The fourth-order valence-corrected chi connectivity index (χ4v) is 2.11. The fraction of sp³-hybridized carbons (Fsp3) is 0.231. The van der Waals surface area contributed by atoms with Gasteiger partial charge in [-0.25, -0.2) is 9.97 Å². The van der Waals surface area contributed by atoms with E-state index in [-0.39, 0.29) is 0 Å². The Hall–Kier alpha value is -1.57. The number of nitrogens with one attached hydrogen (secondary N) is 1. The second-order valence-corrected chi connectivity index (χ2v) is 4.92. The van der Waals surface area contributed by atoms with Crippen LogP contribution in [-0.4, -0.2) is 24.2 Å². The van der Waals surface area contributed by atoms with E-state index in [4.69, 9.17) is 9.47 Å². The molecule has 0 aliphatic carbocycles. The molecule has 0 bridgehead atoms. The zero-order valence-electron chi connectivity index (χ0n) is 10.7. The van der Waals surface area contributed by atoms with Gasteiger partial charge in [0.1, 0.15) is 12.1 Å². The van der Waals surface area contributed by atoms with Crippen molar-refractivity contribution in [1.29, 1.82) is 0 Å². The van der Waals surface area contributed by atoms with Crippen molar-refractivity contribution in [3.63, 3.8) is 0 Å². The van der Waals surface area contributed by atoms with Crippen molar-refractivity contribution in [2.45, 2.75) is 6.54 Å². The van der Waals surface area contributed by atoms with Crippen LogP contribution in [0, 0.1) is 3.57 Å². The summed E-state index contributed by atoms with van der Waals surface area (Å²) < 4.78 is 11.5. The van der Waals surface area contributed by atoms with Crippen LogP contribution in [-0.2, 0) is 6.54 Å². The normalized spacial score (nSPS) is 10.1. The van der Waals surface area contributed by atoms with Gasteiger partial charge in [0, 0.05) is 12.7 Å². The molecule has 1 N–H and O–H groups in total. The molecular weight excluding hydrogens is 357 g/mol. The highest BCUT2D eigenvalue weighted by Gasteiger charge is 2.05. The monoisotopic (exact) mass is 371 g/mol. The first-order valence-electron chi connectivity index (χ1n) is 5.65. The maximum Gasteiger partial charge on any atom is 0.161 e. The second kappa shape index (κ2) is 6.55. The fourth-order valence-electron chi connectivity index (χ4n) is 1.62. The van der Waals surface area contributed by atoms with Gasteiger partial charge in [-0.2, -0.15) is 0 Å². The van der Waals surface area contributed by atoms with E-state index in [9.17, 15) is 0 Å². The van der Waals surface area contributed by atoms with Crippen LogP contribution in [0.4, 0.5) is 5.82 Å². The van der Waals surface area contributed by atoms with Gasteiger partial charge in [0.25, 0.3) is 0 Å². The van der Waals surface area contributed by atoms with Crippen LogP contribution in [0.25, 0.3) is 0 Å². The lowest BCUT2D eigenvalue weighted by Gasteiger charge is -2.11. The Bertz CT molecular complexity index is 563. The number of ether oxygens (including phenoxy) is 2.